The molecule has 1 N–H and O–H groups in total. The van der Waals surface area contributed by atoms with Crippen LogP contribution in [0.3, 0.4) is 0 Å². The molecule has 4 heteroatoms. The van der Waals surface area contributed by atoms with Gasteiger partial charge in [0.05, 0.1) is 0 Å². The van der Waals surface area contributed by atoms with Crippen LogP contribution in [0, 0.1) is 18.8 Å². The molecule has 1 aromatic heterocycles. The highest BCUT2D eigenvalue weighted by molar-refractivity contribution is 5.85. The minimum Gasteiger partial charge on any atom is -0.316 e. The Morgan fingerprint density at radius 3 is 3.06 bits per heavy atom. The molecule has 0 radical (unpaired) electrons. The number of piperidine rings is 1. The summed E-state index contributed by atoms with van der Waals surface area (Å²) in [5, 5.41) is 3.52. The SMILES string of the molecule is Cc1ccncc1CN1CCC2CNCC2C1.Cl. The summed E-state index contributed by atoms with van der Waals surface area (Å²) in [6.07, 6.45) is 5.26. The summed E-state index contributed by atoms with van der Waals surface area (Å²) in [5.41, 5.74) is 2.75. The highest BCUT2D eigenvalue weighted by atomic mass is 35.5. The third kappa shape index (κ3) is 2.85. The van der Waals surface area contributed by atoms with Gasteiger partial charge in [-0.05, 0) is 62.0 Å². The second-order valence-corrected chi connectivity index (χ2v) is 5.50. The minimum atomic E-state index is 0. The smallest absolute Gasteiger partial charge is 0.0315 e. The van der Waals surface area contributed by atoms with Crippen LogP contribution >= 0.6 is 12.4 Å². The van der Waals surface area contributed by atoms with Crippen LogP contribution in [0.2, 0.25) is 0 Å². The number of nitrogens with zero attached hydrogens (tertiary/aromatic N) is 2. The average molecular weight is 268 g/mol. The molecule has 3 rings (SSSR count). The quantitative estimate of drug-likeness (QED) is 0.887. The van der Waals surface area contributed by atoms with Gasteiger partial charge >= 0.3 is 0 Å². The molecule has 2 aliphatic heterocycles. The summed E-state index contributed by atoms with van der Waals surface area (Å²) >= 11 is 0. The summed E-state index contributed by atoms with van der Waals surface area (Å²) in [7, 11) is 0. The Morgan fingerprint density at radius 1 is 1.39 bits per heavy atom. The number of fused-ring (bicyclic) bond motifs is 1. The van der Waals surface area contributed by atoms with Crippen LogP contribution in [0.1, 0.15) is 17.5 Å². The molecule has 3 nitrogen and oxygen atoms in total. The van der Waals surface area contributed by atoms with E-state index in [4.69, 9.17) is 0 Å². The summed E-state index contributed by atoms with van der Waals surface area (Å²) in [6, 6.07) is 2.11. The van der Waals surface area contributed by atoms with Crippen molar-refractivity contribution in [2.45, 2.75) is 19.9 Å². The van der Waals surface area contributed by atoms with Crippen molar-refractivity contribution in [2.24, 2.45) is 11.8 Å². The van der Waals surface area contributed by atoms with Crippen LogP contribution in [-0.4, -0.2) is 36.1 Å². The van der Waals surface area contributed by atoms with Crippen LogP contribution < -0.4 is 5.32 Å². The van der Waals surface area contributed by atoms with Crippen LogP contribution in [0.25, 0.3) is 0 Å². The zero-order chi connectivity index (χ0) is 11.7. The molecule has 0 aromatic carbocycles. The van der Waals surface area contributed by atoms with E-state index < -0.39 is 0 Å². The van der Waals surface area contributed by atoms with Crippen molar-refractivity contribution < 1.29 is 0 Å². The van der Waals surface area contributed by atoms with Gasteiger partial charge in [-0.1, -0.05) is 0 Å². The number of aromatic nitrogens is 1. The first-order chi connectivity index (χ1) is 8.33. The molecule has 0 amide bonds. The predicted octanol–water partition coefficient (Wildman–Crippen LogP) is 1.85. The summed E-state index contributed by atoms with van der Waals surface area (Å²) in [6.45, 7) is 8.21. The predicted molar refractivity (Wildman–Crippen MR) is 76.0 cm³/mol. The second kappa shape index (κ2) is 6.00. The van der Waals surface area contributed by atoms with E-state index in [9.17, 15) is 0 Å². The molecule has 3 heterocycles. The Labute approximate surface area is 115 Å². The van der Waals surface area contributed by atoms with Gasteiger partial charge in [-0.15, -0.1) is 12.4 Å². The number of aryl methyl sites for hydroxylation is 1. The number of hydrogen-bond acceptors (Lipinski definition) is 3. The van der Waals surface area contributed by atoms with E-state index in [2.05, 4.69) is 28.2 Å². The summed E-state index contributed by atoms with van der Waals surface area (Å²) in [5.74, 6) is 1.81. The monoisotopic (exact) mass is 267 g/mol. The van der Waals surface area contributed by atoms with E-state index in [0.717, 1.165) is 18.4 Å². The molecule has 0 saturated carbocycles. The number of likely N-dealkylation sites (tertiary alicyclic amines) is 1. The maximum absolute atomic E-state index is 4.24. The first-order valence-corrected chi connectivity index (χ1v) is 6.65. The largest absolute Gasteiger partial charge is 0.316 e. The molecule has 1 aromatic rings. The Kier molecular flexibility index (Phi) is 4.60. The lowest BCUT2D eigenvalue weighted by Gasteiger charge is -2.34. The molecule has 0 bridgehead atoms. The van der Waals surface area contributed by atoms with Crippen LogP contribution in [0.15, 0.2) is 18.5 Å². The first-order valence-electron chi connectivity index (χ1n) is 6.65. The van der Waals surface area contributed by atoms with Crippen molar-refractivity contribution in [3.63, 3.8) is 0 Å². The molecule has 100 valence electrons. The van der Waals surface area contributed by atoms with E-state index >= 15 is 0 Å². The Hall–Kier alpha value is -0.640. The standard InChI is InChI=1S/C14H21N3.ClH/c1-11-2-4-15-7-13(11)9-17-5-3-12-6-16-8-14(12)10-17;/h2,4,7,12,14,16H,3,5-6,8-10H2,1H3;1H. The van der Waals surface area contributed by atoms with Gasteiger partial charge in [-0.2, -0.15) is 0 Å². The number of nitrogens with one attached hydrogen (secondary N) is 1. The lowest BCUT2D eigenvalue weighted by Crippen LogP contribution is -2.39. The van der Waals surface area contributed by atoms with Gasteiger partial charge in [0.15, 0.2) is 0 Å². The van der Waals surface area contributed by atoms with Gasteiger partial charge in [0.1, 0.15) is 0 Å². The normalized spacial score (nSPS) is 27.6. The number of pyridine rings is 1. The van der Waals surface area contributed by atoms with Gasteiger partial charge in [0, 0.05) is 25.5 Å². The van der Waals surface area contributed by atoms with E-state index in [1.54, 1.807) is 0 Å². The third-order valence-electron chi connectivity index (χ3n) is 4.33. The lowest BCUT2D eigenvalue weighted by atomic mass is 9.88. The topological polar surface area (TPSA) is 28.2 Å². The fourth-order valence-electron chi connectivity index (χ4n) is 3.16. The van der Waals surface area contributed by atoms with Crippen LogP contribution in [0.4, 0.5) is 0 Å². The van der Waals surface area contributed by atoms with Gasteiger partial charge in [-0.3, -0.25) is 9.88 Å². The van der Waals surface area contributed by atoms with Crippen molar-refractivity contribution in [1.82, 2.24) is 15.2 Å². The molecule has 2 fully saturated rings. The van der Waals surface area contributed by atoms with Gasteiger partial charge in [0.25, 0.3) is 0 Å². The average Bonchev–Trinajstić information content (AvgIpc) is 2.79. The zero-order valence-electron chi connectivity index (χ0n) is 10.9. The molecule has 2 unspecified atom stereocenters. The maximum atomic E-state index is 4.24. The highest BCUT2D eigenvalue weighted by Crippen LogP contribution is 2.27. The van der Waals surface area contributed by atoms with Gasteiger partial charge < -0.3 is 5.32 Å². The number of rotatable bonds is 2. The van der Waals surface area contributed by atoms with Crippen LogP contribution in [0.5, 0.6) is 0 Å². The fraction of sp³-hybridized carbons (Fsp3) is 0.643. The molecule has 2 saturated heterocycles. The molecule has 18 heavy (non-hydrogen) atoms. The molecule has 0 aliphatic carbocycles. The summed E-state index contributed by atoms with van der Waals surface area (Å²) < 4.78 is 0. The van der Waals surface area contributed by atoms with E-state index in [1.165, 1.54) is 43.7 Å². The molecular weight excluding hydrogens is 246 g/mol. The summed E-state index contributed by atoms with van der Waals surface area (Å²) in [4.78, 5) is 6.83. The Morgan fingerprint density at radius 2 is 2.22 bits per heavy atom. The number of hydrogen-bond donors (Lipinski definition) is 1. The van der Waals surface area contributed by atoms with E-state index in [-0.39, 0.29) is 12.4 Å². The van der Waals surface area contributed by atoms with Crippen molar-refractivity contribution in [3.8, 4) is 0 Å². The Bertz CT molecular complexity index is 396. The Balaban J connectivity index is 0.00000120. The van der Waals surface area contributed by atoms with Crippen molar-refractivity contribution >= 4 is 12.4 Å². The maximum Gasteiger partial charge on any atom is 0.0315 e. The molecular formula is C14H22ClN3. The van der Waals surface area contributed by atoms with Crippen LogP contribution in [-0.2, 0) is 6.54 Å². The third-order valence-corrected chi connectivity index (χ3v) is 4.33. The zero-order valence-corrected chi connectivity index (χ0v) is 11.7. The highest BCUT2D eigenvalue weighted by Gasteiger charge is 2.32. The van der Waals surface area contributed by atoms with E-state index in [1.807, 2.05) is 12.4 Å². The minimum absolute atomic E-state index is 0. The molecule has 2 aliphatic rings. The van der Waals surface area contributed by atoms with Crippen molar-refractivity contribution in [2.75, 3.05) is 26.2 Å². The lowest BCUT2D eigenvalue weighted by molar-refractivity contribution is 0.142. The fourth-order valence-corrected chi connectivity index (χ4v) is 3.16. The second-order valence-electron chi connectivity index (χ2n) is 5.50. The number of halogens is 1. The molecule has 2 atom stereocenters. The van der Waals surface area contributed by atoms with Gasteiger partial charge in [-0.25, -0.2) is 0 Å². The first kappa shape index (κ1) is 13.8. The van der Waals surface area contributed by atoms with E-state index in [0.29, 0.717) is 0 Å². The van der Waals surface area contributed by atoms with Crippen molar-refractivity contribution in [3.05, 3.63) is 29.6 Å². The van der Waals surface area contributed by atoms with Gasteiger partial charge in [0.2, 0.25) is 0 Å². The van der Waals surface area contributed by atoms with Crippen molar-refractivity contribution in [1.29, 1.82) is 0 Å². The molecule has 0 spiro atoms.